The van der Waals surface area contributed by atoms with Gasteiger partial charge < -0.3 is 14.6 Å². The first-order valence-electron chi connectivity index (χ1n) is 10.9. The highest BCUT2D eigenvalue weighted by Gasteiger charge is 2.20. The molecule has 1 aromatic heterocycles. The van der Waals surface area contributed by atoms with Crippen LogP contribution in [-0.4, -0.2) is 29.2 Å². The SMILES string of the molecule is Cc1cccc(-c2nnc(-c3ccc(C(=O)Nc4c(F)cccc4N4CCCC4)cc3)o2)c1. The Morgan fingerprint density at radius 2 is 1.64 bits per heavy atom. The van der Waals surface area contributed by atoms with Gasteiger partial charge in [-0.3, -0.25) is 4.79 Å². The highest BCUT2D eigenvalue weighted by atomic mass is 19.1. The molecule has 3 aromatic carbocycles. The van der Waals surface area contributed by atoms with Gasteiger partial charge in [0.1, 0.15) is 11.5 Å². The number of carbonyl (C=O) groups is 1. The maximum absolute atomic E-state index is 14.6. The Bertz CT molecular complexity index is 1290. The van der Waals surface area contributed by atoms with Gasteiger partial charge in [-0.15, -0.1) is 10.2 Å². The molecule has 166 valence electrons. The van der Waals surface area contributed by atoms with Crippen molar-refractivity contribution in [2.45, 2.75) is 19.8 Å². The third-order valence-corrected chi connectivity index (χ3v) is 5.76. The highest BCUT2D eigenvalue weighted by Crippen LogP contribution is 2.32. The van der Waals surface area contributed by atoms with Crippen molar-refractivity contribution < 1.29 is 13.6 Å². The molecule has 0 radical (unpaired) electrons. The predicted octanol–water partition coefficient (Wildman–Crippen LogP) is 5.70. The van der Waals surface area contributed by atoms with Crippen molar-refractivity contribution in [2.75, 3.05) is 23.3 Å². The number of aromatic nitrogens is 2. The molecule has 6 nitrogen and oxygen atoms in total. The summed E-state index contributed by atoms with van der Waals surface area (Å²) in [5.74, 6) is -0.0228. The molecule has 0 spiro atoms. The summed E-state index contributed by atoms with van der Waals surface area (Å²) < 4.78 is 20.4. The lowest BCUT2D eigenvalue weighted by Crippen LogP contribution is -2.22. The van der Waals surface area contributed by atoms with E-state index in [1.54, 1.807) is 30.3 Å². The molecule has 2 heterocycles. The first kappa shape index (κ1) is 20.9. The zero-order valence-corrected chi connectivity index (χ0v) is 18.2. The normalized spacial score (nSPS) is 13.3. The molecule has 1 amide bonds. The van der Waals surface area contributed by atoms with Crippen molar-refractivity contribution in [1.82, 2.24) is 10.2 Å². The lowest BCUT2D eigenvalue weighted by molar-refractivity contribution is 0.102. The van der Waals surface area contributed by atoms with Gasteiger partial charge in [0, 0.05) is 29.8 Å². The van der Waals surface area contributed by atoms with Crippen LogP contribution in [0.15, 0.2) is 71.1 Å². The number of benzene rings is 3. The van der Waals surface area contributed by atoms with Crippen molar-refractivity contribution in [3.05, 3.63) is 83.7 Å². The second-order valence-electron chi connectivity index (χ2n) is 8.14. The van der Waals surface area contributed by atoms with Gasteiger partial charge in [-0.05, 0) is 68.3 Å². The third-order valence-electron chi connectivity index (χ3n) is 5.76. The lowest BCUT2D eigenvalue weighted by atomic mass is 10.1. The summed E-state index contributed by atoms with van der Waals surface area (Å²) in [5.41, 5.74) is 3.99. The number of nitrogens with one attached hydrogen (secondary N) is 1. The zero-order chi connectivity index (χ0) is 22.8. The van der Waals surface area contributed by atoms with Crippen molar-refractivity contribution >= 4 is 17.3 Å². The maximum atomic E-state index is 14.6. The summed E-state index contributed by atoms with van der Waals surface area (Å²) in [6, 6.07) is 19.5. The van der Waals surface area contributed by atoms with Crippen molar-refractivity contribution in [1.29, 1.82) is 0 Å². The molecule has 1 N–H and O–H groups in total. The highest BCUT2D eigenvalue weighted by molar-refractivity contribution is 6.06. The van der Waals surface area contributed by atoms with Gasteiger partial charge in [0.2, 0.25) is 11.8 Å². The van der Waals surface area contributed by atoms with E-state index < -0.39 is 5.82 Å². The van der Waals surface area contributed by atoms with Crippen LogP contribution in [0.1, 0.15) is 28.8 Å². The fourth-order valence-corrected chi connectivity index (χ4v) is 4.04. The molecule has 7 heteroatoms. The molecule has 0 bridgehead atoms. The van der Waals surface area contributed by atoms with Crippen LogP contribution in [0, 0.1) is 12.7 Å². The molecule has 1 saturated heterocycles. The number of para-hydroxylation sites is 1. The zero-order valence-electron chi connectivity index (χ0n) is 18.2. The molecule has 0 unspecified atom stereocenters. The van der Waals surface area contributed by atoms with Gasteiger partial charge in [0.25, 0.3) is 5.91 Å². The number of carbonyl (C=O) groups excluding carboxylic acids is 1. The Kier molecular flexibility index (Phi) is 5.60. The summed E-state index contributed by atoms with van der Waals surface area (Å²) in [4.78, 5) is 15.0. The largest absolute Gasteiger partial charge is 0.416 e. The van der Waals surface area contributed by atoms with E-state index in [-0.39, 0.29) is 11.6 Å². The fourth-order valence-electron chi connectivity index (χ4n) is 4.04. The number of amides is 1. The van der Waals surface area contributed by atoms with Crippen LogP contribution in [0.5, 0.6) is 0 Å². The van der Waals surface area contributed by atoms with Gasteiger partial charge in [0.15, 0.2) is 0 Å². The fraction of sp³-hybridized carbons (Fsp3) is 0.192. The van der Waals surface area contributed by atoms with E-state index >= 15 is 0 Å². The quantitative estimate of drug-likeness (QED) is 0.429. The Morgan fingerprint density at radius 1 is 0.939 bits per heavy atom. The predicted molar refractivity (Wildman–Crippen MR) is 126 cm³/mol. The number of hydrogen-bond donors (Lipinski definition) is 1. The van der Waals surface area contributed by atoms with E-state index in [9.17, 15) is 9.18 Å². The summed E-state index contributed by atoms with van der Waals surface area (Å²) in [6.45, 7) is 3.71. The number of rotatable bonds is 5. The van der Waals surface area contributed by atoms with Crippen molar-refractivity contribution in [3.63, 3.8) is 0 Å². The Morgan fingerprint density at radius 3 is 2.36 bits per heavy atom. The molecule has 4 aromatic rings. The van der Waals surface area contributed by atoms with E-state index in [4.69, 9.17) is 4.42 Å². The molecular weight excluding hydrogens is 419 g/mol. The van der Waals surface area contributed by atoms with Crippen LogP contribution in [-0.2, 0) is 0 Å². The van der Waals surface area contributed by atoms with Crippen molar-refractivity contribution in [3.8, 4) is 22.9 Å². The second-order valence-corrected chi connectivity index (χ2v) is 8.14. The van der Waals surface area contributed by atoms with Crippen LogP contribution in [0.2, 0.25) is 0 Å². The maximum Gasteiger partial charge on any atom is 0.255 e. The van der Waals surface area contributed by atoms with Crippen LogP contribution in [0.25, 0.3) is 22.9 Å². The average Bonchev–Trinajstić information content (AvgIpc) is 3.53. The summed E-state index contributed by atoms with van der Waals surface area (Å²) in [5, 5.41) is 11.0. The van der Waals surface area contributed by atoms with Crippen LogP contribution in [0.3, 0.4) is 0 Å². The smallest absolute Gasteiger partial charge is 0.255 e. The molecule has 0 aliphatic carbocycles. The van der Waals surface area contributed by atoms with Crippen molar-refractivity contribution in [2.24, 2.45) is 0 Å². The Balaban J connectivity index is 1.34. The van der Waals surface area contributed by atoms with Crippen LogP contribution in [0.4, 0.5) is 15.8 Å². The number of aryl methyl sites for hydroxylation is 1. The van der Waals surface area contributed by atoms with E-state index in [0.717, 1.165) is 37.1 Å². The molecular formula is C26H23FN4O2. The van der Waals surface area contributed by atoms with Crippen LogP contribution >= 0.6 is 0 Å². The molecule has 1 aliphatic heterocycles. The van der Waals surface area contributed by atoms with E-state index in [1.807, 2.05) is 37.3 Å². The topological polar surface area (TPSA) is 71.3 Å². The molecule has 1 fully saturated rings. The van der Waals surface area contributed by atoms with Gasteiger partial charge in [-0.1, -0.05) is 23.8 Å². The summed E-state index contributed by atoms with van der Waals surface area (Å²) in [6.07, 6.45) is 2.12. The Hall–Kier alpha value is -4.00. The minimum Gasteiger partial charge on any atom is -0.416 e. The minimum atomic E-state index is -0.445. The average molecular weight is 442 g/mol. The van der Waals surface area contributed by atoms with E-state index in [0.29, 0.717) is 28.6 Å². The van der Waals surface area contributed by atoms with Crippen LogP contribution < -0.4 is 10.2 Å². The Labute approximate surface area is 191 Å². The number of anilines is 2. The van der Waals surface area contributed by atoms with E-state index in [1.165, 1.54) is 6.07 Å². The van der Waals surface area contributed by atoms with Gasteiger partial charge in [-0.25, -0.2) is 4.39 Å². The second kappa shape index (κ2) is 8.86. The third kappa shape index (κ3) is 4.35. The standard InChI is InChI=1S/C26H23FN4O2/c1-17-6-4-7-20(16-17)26-30-29-25(33-26)19-12-10-18(11-13-19)24(32)28-23-21(27)8-5-9-22(23)31-14-2-3-15-31/h4-13,16H,2-3,14-15H2,1H3,(H,28,32). The summed E-state index contributed by atoms with van der Waals surface area (Å²) >= 11 is 0. The number of nitrogens with zero attached hydrogens (tertiary/aromatic N) is 3. The summed E-state index contributed by atoms with van der Waals surface area (Å²) in [7, 11) is 0. The van der Waals surface area contributed by atoms with Gasteiger partial charge in [0.05, 0.1) is 5.69 Å². The lowest BCUT2D eigenvalue weighted by Gasteiger charge is -2.22. The van der Waals surface area contributed by atoms with E-state index in [2.05, 4.69) is 20.4 Å². The molecule has 33 heavy (non-hydrogen) atoms. The van der Waals surface area contributed by atoms with Gasteiger partial charge >= 0.3 is 0 Å². The number of hydrogen-bond acceptors (Lipinski definition) is 5. The minimum absolute atomic E-state index is 0.216. The monoisotopic (exact) mass is 442 g/mol. The molecule has 0 atom stereocenters. The molecule has 0 saturated carbocycles. The molecule has 1 aliphatic rings. The molecule has 5 rings (SSSR count). The number of halogens is 1. The van der Waals surface area contributed by atoms with Gasteiger partial charge in [-0.2, -0.15) is 0 Å². The first-order chi connectivity index (χ1) is 16.1. The first-order valence-corrected chi connectivity index (χ1v) is 10.9.